The lowest BCUT2D eigenvalue weighted by Gasteiger charge is -2.13. The van der Waals surface area contributed by atoms with Crippen LogP contribution in [0.25, 0.3) is 0 Å². The molecule has 0 saturated heterocycles. The molecule has 18 heavy (non-hydrogen) atoms. The quantitative estimate of drug-likeness (QED) is 0.656. The van der Waals surface area contributed by atoms with Gasteiger partial charge >= 0.3 is 0 Å². The highest BCUT2D eigenvalue weighted by Gasteiger charge is 2.25. The summed E-state index contributed by atoms with van der Waals surface area (Å²) >= 11 is 0. The molecule has 2 rings (SSSR count). The van der Waals surface area contributed by atoms with Gasteiger partial charge in [0.15, 0.2) is 0 Å². The van der Waals surface area contributed by atoms with E-state index in [0.29, 0.717) is 11.4 Å². The number of hydrogen-bond acceptors (Lipinski definition) is 5. The molecule has 1 aliphatic rings. The molecular formula is C12H17N3O3. The van der Waals surface area contributed by atoms with Crippen molar-refractivity contribution in [3.8, 4) is 0 Å². The third kappa shape index (κ3) is 2.76. The Bertz CT molecular complexity index is 450. The Morgan fingerprint density at radius 3 is 2.94 bits per heavy atom. The molecule has 6 heteroatoms. The van der Waals surface area contributed by atoms with E-state index in [1.807, 2.05) is 0 Å². The number of hydrogen-bond donors (Lipinski definition) is 1. The smallest absolute Gasteiger partial charge is 0.277 e. The van der Waals surface area contributed by atoms with Crippen LogP contribution in [-0.2, 0) is 4.74 Å². The minimum absolute atomic E-state index is 0.105. The van der Waals surface area contributed by atoms with Crippen LogP contribution in [0.2, 0.25) is 0 Å². The first-order valence-electron chi connectivity index (χ1n) is 6.00. The van der Waals surface area contributed by atoms with Gasteiger partial charge in [-0.25, -0.2) is 4.98 Å². The molecule has 0 amide bonds. The molecule has 2 unspecified atom stereocenters. The Labute approximate surface area is 106 Å². The monoisotopic (exact) mass is 251 g/mol. The second kappa shape index (κ2) is 5.30. The second-order valence-corrected chi connectivity index (χ2v) is 4.63. The summed E-state index contributed by atoms with van der Waals surface area (Å²) in [6, 6.07) is 1.78. The molecule has 6 nitrogen and oxygen atoms in total. The minimum atomic E-state index is -0.380. The molecule has 0 radical (unpaired) electrons. The largest absolute Gasteiger partial charge is 0.381 e. The number of nitrogens with zero attached hydrogens (tertiary/aromatic N) is 2. The Hall–Kier alpha value is -1.69. The molecule has 1 aromatic heterocycles. The zero-order valence-electron chi connectivity index (χ0n) is 10.5. The molecule has 0 aromatic carbocycles. The van der Waals surface area contributed by atoms with Gasteiger partial charge < -0.3 is 10.1 Å². The first kappa shape index (κ1) is 12.8. The predicted octanol–water partition coefficient (Wildman–Crippen LogP) is 2.28. The van der Waals surface area contributed by atoms with E-state index < -0.39 is 0 Å². The molecule has 0 aliphatic heterocycles. The van der Waals surface area contributed by atoms with Crippen LogP contribution in [0.4, 0.5) is 11.5 Å². The lowest BCUT2D eigenvalue weighted by atomic mass is 10.2. The summed E-state index contributed by atoms with van der Waals surface area (Å²) < 4.78 is 5.29. The maximum atomic E-state index is 10.8. The number of pyridine rings is 1. The van der Waals surface area contributed by atoms with Crippen molar-refractivity contribution in [1.29, 1.82) is 0 Å². The van der Waals surface area contributed by atoms with Crippen molar-refractivity contribution >= 4 is 11.5 Å². The number of nitro groups is 1. The van der Waals surface area contributed by atoms with Gasteiger partial charge in [0, 0.05) is 24.9 Å². The average molecular weight is 251 g/mol. The zero-order chi connectivity index (χ0) is 13.1. The van der Waals surface area contributed by atoms with E-state index in [9.17, 15) is 10.1 Å². The van der Waals surface area contributed by atoms with E-state index in [4.69, 9.17) is 4.74 Å². The highest BCUT2D eigenvalue weighted by atomic mass is 16.6. The lowest BCUT2D eigenvalue weighted by Crippen LogP contribution is -2.18. The van der Waals surface area contributed by atoms with E-state index in [2.05, 4.69) is 10.3 Å². The number of aromatic nitrogens is 1. The van der Waals surface area contributed by atoms with Crippen LogP contribution in [0.15, 0.2) is 12.3 Å². The van der Waals surface area contributed by atoms with E-state index in [-0.39, 0.29) is 22.8 Å². The van der Waals surface area contributed by atoms with E-state index in [1.54, 1.807) is 14.0 Å². The molecule has 98 valence electrons. The third-order valence-corrected chi connectivity index (χ3v) is 3.34. The Kier molecular flexibility index (Phi) is 3.76. The van der Waals surface area contributed by atoms with Gasteiger partial charge in [0.25, 0.3) is 5.69 Å². The molecule has 2 atom stereocenters. The van der Waals surface area contributed by atoms with Gasteiger partial charge in [0.2, 0.25) is 0 Å². The fourth-order valence-corrected chi connectivity index (χ4v) is 2.28. The molecule has 0 bridgehead atoms. The summed E-state index contributed by atoms with van der Waals surface area (Å²) in [5.74, 6) is 0.564. The average Bonchev–Trinajstić information content (AvgIpc) is 2.79. The third-order valence-electron chi connectivity index (χ3n) is 3.34. The summed E-state index contributed by atoms with van der Waals surface area (Å²) in [4.78, 5) is 14.6. The Morgan fingerprint density at radius 1 is 1.56 bits per heavy atom. The van der Waals surface area contributed by atoms with Crippen LogP contribution in [0, 0.1) is 17.0 Å². The first-order chi connectivity index (χ1) is 8.60. The normalized spacial score (nSPS) is 23.0. The van der Waals surface area contributed by atoms with Gasteiger partial charge in [-0.15, -0.1) is 0 Å². The SMILES string of the molecule is COC1CCC(Nc2cc([N+](=O)[O-])c(C)cn2)C1. The van der Waals surface area contributed by atoms with Gasteiger partial charge in [-0.3, -0.25) is 10.1 Å². The Balaban J connectivity index is 2.06. The molecule has 0 spiro atoms. The molecule has 1 heterocycles. The van der Waals surface area contributed by atoms with Crippen molar-refractivity contribution in [2.24, 2.45) is 0 Å². The molecule has 1 saturated carbocycles. The van der Waals surface area contributed by atoms with Gasteiger partial charge in [0.05, 0.1) is 17.1 Å². The van der Waals surface area contributed by atoms with Crippen molar-refractivity contribution in [1.82, 2.24) is 4.98 Å². The van der Waals surface area contributed by atoms with E-state index in [0.717, 1.165) is 19.3 Å². The number of rotatable bonds is 4. The van der Waals surface area contributed by atoms with Crippen molar-refractivity contribution < 1.29 is 9.66 Å². The van der Waals surface area contributed by atoms with E-state index in [1.165, 1.54) is 12.3 Å². The summed E-state index contributed by atoms with van der Waals surface area (Å²) in [6.45, 7) is 1.69. The fraction of sp³-hybridized carbons (Fsp3) is 0.583. The Morgan fingerprint density at radius 2 is 2.33 bits per heavy atom. The molecular weight excluding hydrogens is 234 g/mol. The van der Waals surface area contributed by atoms with Gasteiger partial charge in [0.1, 0.15) is 5.82 Å². The number of methoxy groups -OCH3 is 1. The number of ether oxygens (including phenoxy) is 1. The first-order valence-corrected chi connectivity index (χ1v) is 6.00. The van der Waals surface area contributed by atoms with Gasteiger partial charge in [-0.2, -0.15) is 0 Å². The summed E-state index contributed by atoms with van der Waals surface area (Å²) in [5, 5.41) is 14.1. The van der Waals surface area contributed by atoms with Crippen molar-refractivity contribution in [3.63, 3.8) is 0 Å². The van der Waals surface area contributed by atoms with Crippen LogP contribution in [0.5, 0.6) is 0 Å². The topological polar surface area (TPSA) is 77.3 Å². The molecule has 1 aliphatic carbocycles. The van der Waals surface area contributed by atoms with E-state index >= 15 is 0 Å². The lowest BCUT2D eigenvalue weighted by molar-refractivity contribution is -0.385. The molecule has 1 N–H and O–H groups in total. The summed E-state index contributed by atoms with van der Waals surface area (Å²) in [5.41, 5.74) is 0.681. The zero-order valence-corrected chi connectivity index (χ0v) is 10.5. The van der Waals surface area contributed by atoms with Crippen LogP contribution in [-0.4, -0.2) is 29.2 Å². The van der Waals surface area contributed by atoms with Gasteiger partial charge in [-0.1, -0.05) is 0 Å². The maximum Gasteiger partial charge on any atom is 0.277 e. The van der Waals surface area contributed by atoms with Crippen molar-refractivity contribution in [2.75, 3.05) is 12.4 Å². The highest BCUT2D eigenvalue weighted by molar-refractivity contribution is 5.49. The van der Waals surface area contributed by atoms with Crippen molar-refractivity contribution in [3.05, 3.63) is 27.9 Å². The predicted molar refractivity (Wildman–Crippen MR) is 67.7 cm³/mol. The summed E-state index contributed by atoms with van der Waals surface area (Å²) in [7, 11) is 1.71. The number of aryl methyl sites for hydroxylation is 1. The number of anilines is 1. The standard InChI is InChI=1S/C12H17N3O3/c1-8-7-13-12(6-11(8)15(16)17)14-9-3-4-10(5-9)18-2/h6-7,9-10H,3-5H2,1-2H3,(H,13,14). The van der Waals surface area contributed by atoms with Crippen LogP contribution < -0.4 is 5.32 Å². The second-order valence-electron chi connectivity index (χ2n) is 4.63. The fourth-order valence-electron chi connectivity index (χ4n) is 2.28. The number of nitrogens with one attached hydrogen (secondary N) is 1. The molecule has 1 aromatic rings. The summed E-state index contributed by atoms with van der Waals surface area (Å²) in [6.07, 6.45) is 4.75. The van der Waals surface area contributed by atoms with Crippen molar-refractivity contribution in [2.45, 2.75) is 38.3 Å². The van der Waals surface area contributed by atoms with Crippen LogP contribution in [0.3, 0.4) is 0 Å². The minimum Gasteiger partial charge on any atom is -0.381 e. The highest BCUT2D eigenvalue weighted by Crippen LogP contribution is 2.26. The molecule has 1 fully saturated rings. The van der Waals surface area contributed by atoms with Crippen LogP contribution in [0.1, 0.15) is 24.8 Å². The van der Waals surface area contributed by atoms with Crippen LogP contribution >= 0.6 is 0 Å². The van der Waals surface area contributed by atoms with Gasteiger partial charge in [-0.05, 0) is 26.2 Å². The maximum absolute atomic E-state index is 10.8.